The molecule has 1 heterocycles. The van der Waals surface area contributed by atoms with E-state index < -0.39 is 0 Å². The van der Waals surface area contributed by atoms with Crippen molar-refractivity contribution in [1.82, 2.24) is 0 Å². The number of nitrogens with zero attached hydrogens (tertiary/aromatic N) is 1. The van der Waals surface area contributed by atoms with Gasteiger partial charge in [-0.15, -0.1) is 0 Å². The van der Waals surface area contributed by atoms with Gasteiger partial charge >= 0.3 is 6.09 Å². The van der Waals surface area contributed by atoms with Crippen LogP contribution in [-0.2, 0) is 4.74 Å². The van der Waals surface area contributed by atoms with E-state index in [1.807, 2.05) is 18.2 Å². The minimum atomic E-state index is -0.252. The molecule has 2 rings (SSSR count). The van der Waals surface area contributed by atoms with Crippen LogP contribution in [0.25, 0.3) is 0 Å². The first kappa shape index (κ1) is 13.9. The van der Waals surface area contributed by atoms with E-state index in [9.17, 15) is 4.79 Å². The van der Waals surface area contributed by atoms with Crippen molar-refractivity contribution in [3.05, 3.63) is 29.8 Å². The van der Waals surface area contributed by atoms with E-state index in [2.05, 4.69) is 19.9 Å². The predicted octanol–water partition coefficient (Wildman–Crippen LogP) is 2.87. The Balaban J connectivity index is 2.17. The van der Waals surface area contributed by atoms with E-state index in [1.165, 1.54) is 5.56 Å². The van der Waals surface area contributed by atoms with Crippen molar-refractivity contribution in [2.24, 2.45) is 5.73 Å². The van der Waals surface area contributed by atoms with Crippen molar-refractivity contribution in [3.63, 3.8) is 0 Å². The molecule has 4 heteroatoms. The second-order valence-corrected chi connectivity index (χ2v) is 5.24. The summed E-state index contributed by atoms with van der Waals surface area (Å²) in [6, 6.07) is 8.02. The molecular weight excluding hydrogens is 240 g/mol. The molecule has 0 aliphatic carbocycles. The van der Waals surface area contributed by atoms with E-state index in [-0.39, 0.29) is 12.2 Å². The number of ether oxygens (including phenoxy) is 1. The highest BCUT2D eigenvalue weighted by Gasteiger charge is 2.29. The smallest absolute Gasteiger partial charge is 0.414 e. The Kier molecular flexibility index (Phi) is 4.43. The van der Waals surface area contributed by atoms with Gasteiger partial charge in [0, 0.05) is 13.0 Å². The van der Waals surface area contributed by atoms with Crippen molar-refractivity contribution in [2.75, 3.05) is 18.0 Å². The van der Waals surface area contributed by atoms with E-state index in [0.717, 1.165) is 18.5 Å². The fraction of sp³-hybridized carbons (Fsp3) is 0.533. The number of rotatable bonds is 4. The van der Waals surface area contributed by atoms with E-state index in [1.54, 1.807) is 4.90 Å². The molecule has 1 aliphatic heterocycles. The zero-order valence-corrected chi connectivity index (χ0v) is 11.6. The lowest BCUT2D eigenvalue weighted by atomic mass is 10.00. The Morgan fingerprint density at radius 2 is 2.16 bits per heavy atom. The third-order valence-corrected chi connectivity index (χ3v) is 3.50. The lowest BCUT2D eigenvalue weighted by molar-refractivity contribution is 0.0806. The van der Waals surface area contributed by atoms with Gasteiger partial charge in [0.1, 0.15) is 6.10 Å². The SMILES string of the molecule is CC(C)c1ccccc1N1CCC(CCN)OC1=O. The molecule has 19 heavy (non-hydrogen) atoms. The summed E-state index contributed by atoms with van der Waals surface area (Å²) in [6.45, 7) is 5.52. The van der Waals surface area contributed by atoms with Crippen molar-refractivity contribution < 1.29 is 9.53 Å². The molecule has 1 unspecified atom stereocenters. The normalized spacial score (nSPS) is 19.7. The van der Waals surface area contributed by atoms with Gasteiger partial charge in [-0.3, -0.25) is 4.90 Å². The summed E-state index contributed by atoms with van der Waals surface area (Å²) < 4.78 is 5.44. The Labute approximate surface area is 114 Å². The Bertz CT molecular complexity index is 446. The van der Waals surface area contributed by atoms with Gasteiger partial charge in [0.25, 0.3) is 0 Å². The number of benzene rings is 1. The van der Waals surface area contributed by atoms with Gasteiger partial charge in [0.15, 0.2) is 0 Å². The summed E-state index contributed by atoms with van der Waals surface area (Å²) in [5, 5.41) is 0. The van der Waals surface area contributed by atoms with Crippen LogP contribution in [0.1, 0.15) is 38.2 Å². The number of anilines is 1. The van der Waals surface area contributed by atoms with Gasteiger partial charge in [0.05, 0.1) is 5.69 Å². The van der Waals surface area contributed by atoms with Crippen molar-refractivity contribution >= 4 is 11.8 Å². The van der Waals surface area contributed by atoms with Gasteiger partial charge in [-0.25, -0.2) is 4.79 Å². The molecule has 1 aliphatic rings. The second kappa shape index (κ2) is 6.06. The minimum absolute atomic E-state index is 0.0278. The molecule has 1 aromatic carbocycles. The van der Waals surface area contributed by atoms with Crippen LogP contribution >= 0.6 is 0 Å². The summed E-state index contributed by atoms with van der Waals surface area (Å²) in [4.78, 5) is 13.9. The molecule has 1 saturated heterocycles. The lowest BCUT2D eigenvalue weighted by Crippen LogP contribution is -2.43. The molecule has 0 saturated carbocycles. The second-order valence-electron chi connectivity index (χ2n) is 5.24. The summed E-state index contributed by atoms with van der Waals surface area (Å²) >= 11 is 0. The van der Waals surface area contributed by atoms with Crippen LogP contribution in [0, 0.1) is 0 Å². The summed E-state index contributed by atoms with van der Waals surface area (Å²) in [6.07, 6.45) is 1.30. The van der Waals surface area contributed by atoms with Gasteiger partial charge in [-0.1, -0.05) is 32.0 Å². The van der Waals surface area contributed by atoms with Crippen LogP contribution in [0.2, 0.25) is 0 Å². The first-order chi connectivity index (χ1) is 9.13. The van der Waals surface area contributed by atoms with Crippen LogP contribution < -0.4 is 10.6 Å². The summed E-state index contributed by atoms with van der Waals surface area (Å²) in [5.74, 6) is 0.380. The molecule has 1 atom stereocenters. The van der Waals surface area contributed by atoms with Gasteiger partial charge < -0.3 is 10.5 Å². The van der Waals surface area contributed by atoms with Gasteiger partial charge in [-0.2, -0.15) is 0 Å². The van der Waals surface area contributed by atoms with Crippen LogP contribution in [0.15, 0.2) is 24.3 Å². The molecule has 104 valence electrons. The molecule has 4 nitrogen and oxygen atoms in total. The standard InChI is InChI=1S/C15H22N2O2/c1-11(2)13-5-3-4-6-14(13)17-10-8-12(7-9-16)19-15(17)18/h3-6,11-12H,7-10,16H2,1-2H3. The zero-order valence-electron chi connectivity index (χ0n) is 11.6. The van der Waals surface area contributed by atoms with Crippen molar-refractivity contribution in [3.8, 4) is 0 Å². The van der Waals surface area contributed by atoms with Crippen molar-refractivity contribution in [1.29, 1.82) is 0 Å². The van der Waals surface area contributed by atoms with E-state index >= 15 is 0 Å². The molecule has 2 N–H and O–H groups in total. The number of hydrogen-bond donors (Lipinski definition) is 1. The molecule has 1 amide bonds. The maximum Gasteiger partial charge on any atom is 0.414 e. The van der Waals surface area contributed by atoms with Crippen LogP contribution in [0.4, 0.5) is 10.5 Å². The largest absolute Gasteiger partial charge is 0.446 e. The van der Waals surface area contributed by atoms with Gasteiger partial charge in [0.2, 0.25) is 0 Å². The quantitative estimate of drug-likeness (QED) is 0.907. The van der Waals surface area contributed by atoms with Crippen LogP contribution in [-0.4, -0.2) is 25.3 Å². The highest BCUT2D eigenvalue weighted by molar-refractivity contribution is 5.89. The molecule has 0 spiro atoms. The van der Waals surface area contributed by atoms with Crippen LogP contribution in [0.5, 0.6) is 0 Å². The Hall–Kier alpha value is -1.55. The predicted molar refractivity (Wildman–Crippen MR) is 76.4 cm³/mol. The highest BCUT2D eigenvalue weighted by atomic mass is 16.6. The molecule has 1 aromatic rings. The highest BCUT2D eigenvalue weighted by Crippen LogP contribution is 2.30. The molecule has 1 fully saturated rings. The number of nitrogens with two attached hydrogens (primary N) is 1. The number of carbonyl (C=O) groups excluding carboxylic acids is 1. The van der Waals surface area contributed by atoms with E-state index in [4.69, 9.17) is 10.5 Å². The number of para-hydroxylation sites is 1. The average Bonchev–Trinajstić information content (AvgIpc) is 2.39. The maximum atomic E-state index is 12.1. The third kappa shape index (κ3) is 3.07. The average molecular weight is 262 g/mol. The maximum absolute atomic E-state index is 12.1. The molecule has 0 aromatic heterocycles. The number of cyclic esters (lactones) is 1. The summed E-state index contributed by atoms with van der Waals surface area (Å²) in [5.41, 5.74) is 7.65. The van der Waals surface area contributed by atoms with Crippen LogP contribution in [0.3, 0.4) is 0 Å². The zero-order chi connectivity index (χ0) is 13.8. The monoisotopic (exact) mass is 262 g/mol. The first-order valence-corrected chi connectivity index (χ1v) is 6.90. The topological polar surface area (TPSA) is 55.6 Å². The van der Waals surface area contributed by atoms with Crippen molar-refractivity contribution in [2.45, 2.75) is 38.7 Å². The number of hydrogen-bond acceptors (Lipinski definition) is 3. The number of amides is 1. The fourth-order valence-electron chi connectivity index (χ4n) is 2.46. The molecular formula is C15H22N2O2. The third-order valence-electron chi connectivity index (χ3n) is 3.50. The first-order valence-electron chi connectivity index (χ1n) is 6.90. The van der Waals surface area contributed by atoms with Gasteiger partial charge in [-0.05, 0) is 30.5 Å². The molecule has 0 bridgehead atoms. The van der Waals surface area contributed by atoms with E-state index in [0.29, 0.717) is 19.0 Å². The Morgan fingerprint density at radius 1 is 1.42 bits per heavy atom. The lowest BCUT2D eigenvalue weighted by Gasteiger charge is -2.33. The fourth-order valence-corrected chi connectivity index (χ4v) is 2.46. The Morgan fingerprint density at radius 3 is 2.79 bits per heavy atom. The number of carbonyl (C=O) groups is 1. The summed E-state index contributed by atoms with van der Waals surface area (Å²) in [7, 11) is 0. The minimum Gasteiger partial charge on any atom is -0.446 e. The molecule has 0 radical (unpaired) electrons.